The fraction of sp³-hybridized carbons (Fsp3) is 0.167. The van der Waals surface area contributed by atoms with Gasteiger partial charge in [0.1, 0.15) is 11.6 Å². The molecule has 0 aliphatic rings. The van der Waals surface area contributed by atoms with E-state index in [1.165, 1.54) is 0 Å². The Hall–Kier alpha value is -2.22. The highest BCUT2D eigenvalue weighted by molar-refractivity contribution is 5.89. The van der Waals surface area contributed by atoms with Gasteiger partial charge in [-0.3, -0.25) is 4.79 Å². The van der Waals surface area contributed by atoms with Crippen molar-refractivity contribution in [1.82, 2.24) is 0 Å². The van der Waals surface area contributed by atoms with Gasteiger partial charge in [0.05, 0.1) is 17.7 Å². The van der Waals surface area contributed by atoms with E-state index in [2.05, 4.69) is 10.7 Å². The minimum absolute atomic E-state index is 0.147. The lowest BCUT2D eigenvalue weighted by Gasteiger charge is -1.98. The molecule has 0 fully saturated rings. The van der Waals surface area contributed by atoms with Crippen LogP contribution in [0, 0.1) is 23.5 Å². The normalized spacial score (nSPS) is 9.12. The van der Waals surface area contributed by atoms with Gasteiger partial charge in [-0.25, -0.2) is 13.6 Å². The Bertz CT molecular complexity index is 512. The molecule has 1 aromatic carbocycles. The number of benzene rings is 1. The van der Waals surface area contributed by atoms with Gasteiger partial charge in [0.15, 0.2) is 6.29 Å². The van der Waals surface area contributed by atoms with Crippen LogP contribution in [0.25, 0.3) is 0 Å². The minimum Gasteiger partial charge on any atom is -0.456 e. The van der Waals surface area contributed by atoms with Gasteiger partial charge in [0.2, 0.25) is 0 Å². The number of carbonyl (C=O) groups excluding carboxylic acids is 2. The second-order valence-electron chi connectivity index (χ2n) is 2.94. The molecule has 0 atom stereocenters. The lowest BCUT2D eigenvalue weighted by Crippen LogP contribution is -2.00. The van der Waals surface area contributed by atoms with E-state index < -0.39 is 23.2 Å². The highest BCUT2D eigenvalue weighted by Crippen LogP contribution is 2.12. The zero-order valence-corrected chi connectivity index (χ0v) is 8.92. The third-order valence-corrected chi connectivity index (χ3v) is 1.79. The molecule has 0 unspecified atom stereocenters. The highest BCUT2D eigenvalue weighted by atomic mass is 19.1. The average Bonchev–Trinajstić information content (AvgIpc) is 2.30. The Morgan fingerprint density at radius 2 is 2.12 bits per heavy atom. The van der Waals surface area contributed by atoms with E-state index in [0.29, 0.717) is 0 Å². The fourth-order valence-electron chi connectivity index (χ4n) is 1.03. The van der Waals surface area contributed by atoms with Gasteiger partial charge in [-0.1, -0.05) is 5.92 Å². The number of ether oxygens (including phenoxy) is 1. The van der Waals surface area contributed by atoms with Gasteiger partial charge in [-0.05, 0) is 19.1 Å². The molecular formula is C12H8F2O3. The summed E-state index contributed by atoms with van der Waals surface area (Å²) in [6, 6.07) is 1.47. The first kappa shape index (κ1) is 12.8. The van der Waals surface area contributed by atoms with E-state index in [4.69, 9.17) is 0 Å². The van der Waals surface area contributed by atoms with E-state index in [0.717, 1.165) is 12.1 Å². The molecule has 0 saturated carbocycles. The van der Waals surface area contributed by atoms with Crippen LogP contribution in [0.2, 0.25) is 0 Å². The zero-order valence-electron chi connectivity index (χ0n) is 8.92. The summed E-state index contributed by atoms with van der Waals surface area (Å²) >= 11 is 0. The Labute approximate surface area is 96.4 Å². The molecule has 0 heterocycles. The van der Waals surface area contributed by atoms with Crippen LogP contribution in [0.15, 0.2) is 12.1 Å². The second-order valence-corrected chi connectivity index (χ2v) is 2.94. The van der Waals surface area contributed by atoms with Crippen LogP contribution in [-0.4, -0.2) is 18.9 Å². The first-order chi connectivity index (χ1) is 8.08. The molecule has 0 aromatic heterocycles. The van der Waals surface area contributed by atoms with Crippen molar-refractivity contribution >= 4 is 12.3 Å². The van der Waals surface area contributed by atoms with Crippen molar-refractivity contribution in [1.29, 1.82) is 0 Å². The molecule has 1 rings (SSSR count). The van der Waals surface area contributed by atoms with Gasteiger partial charge in [-0.15, -0.1) is 0 Å². The number of carbonyl (C=O) groups is 2. The largest absolute Gasteiger partial charge is 0.456 e. The van der Waals surface area contributed by atoms with Crippen molar-refractivity contribution in [2.24, 2.45) is 0 Å². The molecule has 0 amide bonds. The highest BCUT2D eigenvalue weighted by Gasteiger charge is 2.07. The Balaban J connectivity index is 3.04. The summed E-state index contributed by atoms with van der Waals surface area (Å²) < 4.78 is 30.9. The lowest BCUT2D eigenvalue weighted by atomic mass is 10.1. The number of aldehydes is 1. The van der Waals surface area contributed by atoms with Gasteiger partial charge >= 0.3 is 5.97 Å². The summed E-state index contributed by atoms with van der Waals surface area (Å²) in [6.45, 7) is 1.74. The third kappa shape index (κ3) is 3.38. The topological polar surface area (TPSA) is 43.4 Å². The van der Waals surface area contributed by atoms with Crippen LogP contribution in [0.1, 0.15) is 22.8 Å². The second kappa shape index (κ2) is 5.75. The fourth-order valence-corrected chi connectivity index (χ4v) is 1.03. The monoisotopic (exact) mass is 238 g/mol. The van der Waals surface area contributed by atoms with Crippen molar-refractivity contribution in [2.45, 2.75) is 6.92 Å². The number of esters is 1. The van der Waals surface area contributed by atoms with Gasteiger partial charge < -0.3 is 4.74 Å². The van der Waals surface area contributed by atoms with Crippen molar-refractivity contribution in [2.75, 3.05) is 6.61 Å². The van der Waals surface area contributed by atoms with E-state index >= 15 is 0 Å². The molecular weight excluding hydrogens is 230 g/mol. The van der Waals surface area contributed by atoms with E-state index in [-0.39, 0.29) is 18.5 Å². The Kier molecular flexibility index (Phi) is 4.35. The maximum Gasteiger partial charge on any atom is 0.384 e. The van der Waals surface area contributed by atoms with E-state index in [9.17, 15) is 18.4 Å². The van der Waals surface area contributed by atoms with Crippen LogP contribution in [0.3, 0.4) is 0 Å². The van der Waals surface area contributed by atoms with Gasteiger partial charge in [0, 0.05) is 5.92 Å². The molecule has 0 aliphatic heterocycles. The van der Waals surface area contributed by atoms with Crippen molar-refractivity contribution < 1.29 is 23.1 Å². The molecule has 5 heteroatoms. The molecule has 3 nitrogen and oxygen atoms in total. The smallest absolute Gasteiger partial charge is 0.384 e. The van der Waals surface area contributed by atoms with E-state index in [1.54, 1.807) is 6.92 Å². The maximum atomic E-state index is 13.3. The number of rotatable bonds is 2. The predicted molar refractivity (Wildman–Crippen MR) is 55.3 cm³/mol. The van der Waals surface area contributed by atoms with Crippen LogP contribution < -0.4 is 0 Å². The van der Waals surface area contributed by atoms with Crippen LogP contribution >= 0.6 is 0 Å². The summed E-state index contributed by atoms with van der Waals surface area (Å²) in [5.41, 5.74) is -0.703. The van der Waals surface area contributed by atoms with Crippen LogP contribution in [0.4, 0.5) is 8.78 Å². The number of hydrogen-bond acceptors (Lipinski definition) is 3. The molecule has 0 spiro atoms. The summed E-state index contributed by atoms with van der Waals surface area (Å²) in [5, 5.41) is 0. The van der Waals surface area contributed by atoms with Gasteiger partial charge in [0.25, 0.3) is 0 Å². The standard InChI is InChI=1S/C12H8F2O3/c1-2-17-12(16)4-3-8-5-11(14)9(7-15)6-10(8)13/h5-7H,2H2,1H3. The molecule has 0 N–H and O–H groups in total. The molecule has 0 aliphatic carbocycles. The van der Waals surface area contributed by atoms with Crippen LogP contribution in [-0.2, 0) is 9.53 Å². The lowest BCUT2D eigenvalue weighted by molar-refractivity contribution is -0.136. The molecule has 88 valence electrons. The predicted octanol–water partition coefficient (Wildman–Crippen LogP) is 1.69. The quantitative estimate of drug-likeness (QED) is 0.447. The SMILES string of the molecule is CCOC(=O)C#Cc1cc(F)c(C=O)cc1F. The Morgan fingerprint density at radius 3 is 2.71 bits per heavy atom. The summed E-state index contributed by atoms with van der Waals surface area (Å²) in [4.78, 5) is 21.2. The van der Waals surface area contributed by atoms with Crippen molar-refractivity contribution in [3.8, 4) is 11.8 Å². The number of halogens is 2. The number of hydrogen-bond donors (Lipinski definition) is 0. The summed E-state index contributed by atoms with van der Waals surface area (Å²) in [5.74, 6) is 1.54. The minimum atomic E-state index is -0.894. The zero-order chi connectivity index (χ0) is 12.8. The maximum absolute atomic E-state index is 13.3. The third-order valence-electron chi connectivity index (χ3n) is 1.79. The summed E-state index contributed by atoms with van der Waals surface area (Å²) in [6.07, 6.45) is 0.195. The molecule has 0 bridgehead atoms. The molecule has 17 heavy (non-hydrogen) atoms. The Morgan fingerprint density at radius 1 is 1.41 bits per heavy atom. The summed E-state index contributed by atoms with van der Waals surface area (Å²) in [7, 11) is 0. The van der Waals surface area contributed by atoms with Crippen LogP contribution in [0.5, 0.6) is 0 Å². The van der Waals surface area contributed by atoms with E-state index in [1.807, 2.05) is 5.92 Å². The van der Waals surface area contributed by atoms with Gasteiger partial charge in [-0.2, -0.15) is 0 Å². The first-order valence-corrected chi connectivity index (χ1v) is 4.71. The first-order valence-electron chi connectivity index (χ1n) is 4.71. The van der Waals surface area contributed by atoms with Crippen molar-refractivity contribution in [3.63, 3.8) is 0 Å². The molecule has 1 aromatic rings. The average molecular weight is 238 g/mol. The molecule has 0 radical (unpaired) electrons. The van der Waals surface area contributed by atoms with Crippen molar-refractivity contribution in [3.05, 3.63) is 34.9 Å². The molecule has 0 saturated heterocycles.